The molecule has 7 nitrogen and oxygen atoms in total. The molecule has 0 fully saturated rings. The fraction of sp³-hybridized carbons (Fsp3) is 0.353. The molecular formula is C17H19N5O2S. The molecule has 1 N–H and O–H groups in total. The average Bonchev–Trinajstić information content (AvgIpc) is 3.27. The minimum absolute atomic E-state index is 0.312. The Bertz CT molecular complexity index is 883. The minimum Gasteiger partial charge on any atom is -0.454 e. The Morgan fingerprint density at radius 2 is 2.12 bits per heavy atom. The molecule has 1 aromatic carbocycles. The molecule has 3 aromatic rings. The maximum Gasteiger partial charge on any atom is 0.231 e. The van der Waals surface area contributed by atoms with Crippen LogP contribution in [0.3, 0.4) is 0 Å². The van der Waals surface area contributed by atoms with E-state index in [1.165, 1.54) is 5.56 Å². The number of ether oxygens (including phenoxy) is 2. The van der Waals surface area contributed by atoms with Gasteiger partial charge in [0.05, 0.1) is 6.33 Å². The summed E-state index contributed by atoms with van der Waals surface area (Å²) < 4.78 is 12.8. The number of aryl methyl sites for hydroxylation is 1. The molecule has 4 rings (SSSR count). The highest BCUT2D eigenvalue weighted by molar-refractivity contribution is 7.98. The van der Waals surface area contributed by atoms with Gasteiger partial charge in [-0.3, -0.25) is 0 Å². The quantitative estimate of drug-likeness (QED) is 0.395. The van der Waals surface area contributed by atoms with Crippen LogP contribution in [-0.4, -0.2) is 39.1 Å². The number of fused-ring (bicyclic) bond motifs is 2. The number of thioether (sulfide) groups is 1. The van der Waals surface area contributed by atoms with Crippen molar-refractivity contribution < 1.29 is 9.47 Å². The van der Waals surface area contributed by atoms with Crippen LogP contribution < -0.4 is 14.8 Å². The van der Waals surface area contributed by atoms with Crippen molar-refractivity contribution in [3.05, 3.63) is 36.4 Å². The summed E-state index contributed by atoms with van der Waals surface area (Å²) in [6.45, 7) is 2.90. The number of benzene rings is 1. The Kier molecular flexibility index (Phi) is 4.71. The van der Waals surface area contributed by atoms with Crippen molar-refractivity contribution in [2.24, 2.45) is 0 Å². The largest absolute Gasteiger partial charge is 0.454 e. The highest BCUT2D eigenvalue weighted by atomic mass is 32.2. The van der Waals surface area contributed by atoms with E-state index < -0.39 is 0 Å². The van der Waals surface area contributed by atoms with Crippen LogP contribution in [0.1, 0.15) is 12.0 Å². The average molecular weight is 357 g/mol. The van der Waals surface area contributed by atoms with Crippen molar-refractivity contribution in [1.82, 2.24) is 24.8 Å². The third-order valence-corrected chi connectivity index (χ3v) is 4.77. The van der Waals surface area contributed by atoms with Gasteiger partial charge in [0.15, 0.2) is 17.1 Å². The predicted molar refractivity (Wildman–Crippen MR) is 96.0 cm³/mol. The molecule has 0 unspecified atom stereocenters. The van der Waals surface area contributed by atoms with Crippen LogP contribution >= 0.6 is 11.8 Å². The summed E-state index contributed by atoms with van der Waals surface area (Å²) in [5.74, 6) is 1.65. The van der Waals surface area contributed by atoms with Crippen molar-refractivity contribution in [1.29, 1.82) is 0 Å². The maximum atomic E-state index is 5.40. The lowest BCUT2D eigenvalue weighted by Crippen LogP contribution is -2.16. The van der Waals surface area contributed by atoms with Gasteiger partial charge in [0.2, 0.25) is 6.79 Å². The van der Waals surface area contributed by atoms with Gasteiger partial charge in [0.1, 0.15) is 16.9 Å². The van der Waals surface area contributed by atoms with Gasteiger partial charge in [-0.25, -0.2) is 15.0 Å². The van der Waals surface area contributed by atoms with Crippen LogP contribution in [0.5, 0.6) is 11.5 Å². The summed E-state index contributed by atoms with van der Waals surface area (Å²) in [6.07, 6.45) is 6.44. The van der Waals surface area contributed by atoms with Gasteiger partial charge in [-0.2, -0.15) is 0 Å². The molecule has 0 atom stereocenters. The number of imidazole rings is 1. The van der Waals surface area contributed by atoms with E-state index in [2.05, 4.69) is 30.9 Å². The lowest BCUT2D eigenvalue weighted by Gasteiger charge is -2.07. The zero-order chi connectivity index (χ0) is 17.1. The highest BCUT2D eigenvalue weighted by Gasteiger charge is 2.13. The van der Waals surface area contributed by atoms with E-state index in [0.29, 0.717) is 6.79 Å². The van der Waals surface area contributed by atoms with Gasteiger partial charge in [-0.15, -0.1) is 11.8 Å². The summed E-state index contributed by atoms with van der Waals surface area (Å²) in [6, 6.07) is 6.05. The number of rotatable bonds is 7. The molecule has 0 radical (unpaired) electrons. The van der Waals surface area contributed by atoms with Crippen molar-refractivity contribution in [3.8, 4) is 11.5 Å². The van der Waals surface area contributed by atoms with Gasteiger partial charge < -0.3 is 19.4 Å². The second kappa shape index (κ2) is 7.28. The molecule has 1 aliphatic heterocycles. The van der Waals surface area contributed by atoms with Crippen molar-refractivity contribution in [2.75, 3.05) is 19.6 Å². The van der Waals surface area contributed by atoms with Crippen molar-refractivity contribution in [2.45, 2.75) is 24.5 Å². The molecule has 0 amide bonds. The Morgan fingerprint density at radius 1 is 1.20 bits per heavy atom. The molecule has 0 aliphatic carbocycles. The smallest absolute Gasteiger partial charge is 0.231 e. The fourth-order valence-corrected chi connectivity index (χ4v) is 3.32. The van der Waals surface area contributed by atoms with Crippen LogP contribution in [0.25, 0.3) is 11.2 Å². The van der Waals surface area contributed by atoms with Gasteiger partial charge in [0.25, 0.3) is 0 Å². The summed E-state index contributed by atoms with van der Waals surface area (Å²) in [4.78, 5) is 13.1. The van der Waals surface area contributed by atoms with E-state index in [1.54, 1.807) is 18.1 Å². The van der Waals surface area contributed by atoms with Gasteiger partial charge in [-0.1, -0.05) is 6.07 Å². The third-order valence-electron chi connectivity index (χ3n) is 4.08. The van der Waals surface area contributed by atoms with E-state index in [9.17, 15) is 0 Å². The van der Waals surface area contributed by atoms with Crippen LogP contribution in [0.15, 0.2) is 35.9 Å². The summed E-state index contributed by atoms with van der Waals surface area (Å²) in [7, 11) is 0. The van der Waals surface area contributed by atoms with Crippen molar-refractivity contribution in [3.63, 3.8) is 0 Å². The number of aromatic nitrogens is 4. The zero-order valence-corrected chi connectivity index (χ0v) is 14.8. The molecule has 0 saturated carbocycles. The van der Waals surface area contributed by atoms with E-state index in [-0.39, 0.29) is 0 Å². The van der Waals surface area contributed by atoms with Gasteiger partial charge in [0, 0.05) is 13.1 Å². The number of nitrogens with zero attached hydrogens (tertiary/aromatic N) is 4. The molecule has 3 heterocycles. The van der Waals surface area contributed by atoms with Gasteiger partial charge in [-0.05, 0) is 36.9 Å². The van der Waals surface area contributed by atoms with Crippen LogP contribution in [0.2, 0.25) is 0 Å². The van der Waals surface area contributed by atoms with Crippen LogP contribution in [0, 0.1) is 0 Å². The first kappa shape index (κ1) is 16.2. The topological polar surface area (TPSA) is 74.1 Å². The molecule has 0 bridgehead atoms. The molecule has 25 heavy (non-hydrogen) atoms. The minimum atomic E-state index is 0.312. The Hall–Kier alpha value is -2.32. The lowest BCUT2D eigenvalue weighted by atomic mass is 10.2. The van der Waals surface area contributed by atoms with Gasteiger partial charge >= 0.3 is 0 Å². The maximum absolute atomic E-state index is 5.40. The Morgan fingerprint density at radius 3 is 3.04 bits per heavy atom. The molecule has 0 spiro atoms. The molecule has 0 saturated heterocycles. The highest BCUT2D eigenvalue weighted by Crippen LogP contribution is 2.32. The number of hydrogen-bond acceptors (Lipinski definition) is 7. The Labute approximate surface area is 149 Å². The predicted octanol–water partition coefficient (Wildman–Crippen LogP) is 2.46. The summed E-state index contributed by atoms with van der Waals surface area (Å²) >= 11 is 1.59. The normalized spacial score (nSPS) is 12.8. The molecule has 130 valence electrons. The SMILES string of the molecule is CSc1ncnc2c1ncn2CCCNCc1ccc2c(c1)OCO2. The summed E-state index contributed by atoms with van der Waals surface area (Å²) in [5, 5.41) is 4.38. The standard InChI is InChI=1S/C17H19N5O2S/c1-25-17-15-16(19-9-20-17)22(10-21-15)6-2-5-18-8-12-3-4-13-14(7-12)24-11-23-13/h3-4,7,9-10,18H,2,5-6,8,11H2,1H3. The van der Waals surface area contributed by atoms with Crippen molar-refractivity contribution >= 4 is 22.9 Å². The van der Waals surface area contributed by atoms with E-state index in [4.69, 9.17) is 9.47 Å². The second-order valence-corrected chi connectivity index (χ2v) is 6.51. The number of nitrogens with one attached hydrogen (secondary N) is 1. The molecule has 2 aromatic heterocycles. The van der Waals surface area contributed by atoms with Crippen LogP contribution in [0.4, 0.5) is 0 Å². The first-order valence-electron chi connectivity index (χ1n) is 8.14. The van der Waals surface area contributed by atoms with E-state index in [0.717, 1.165) is 53.7 Å². The molecule has 1 aliphatic rings. The summed E-state index contributed by atoms with van der Waals surface area (Å²) in [5.41, 5.74) is 2.97. The third kappa shape index (κ3) is 3.40. The van der Waals surface area contributed by atoms with Crippen LogP contribution in [-0.2, 0) is 13.1 Å². The molecular weight excluding hydrogens is 338 g/mol. The molecule has 8 heteroatoms. The monoisotopic (exact) mass is 357 g/mol. The van der Waals surface area contributed by atoms with E-state index >= 15 is 0 Å². The number of hydrogen-bond donors (Lipinski definition) is 1. The van der Waals surface area contributed by atoms with E-state index in [1.807, 2.05) is 24.7 Å². The first-order valence-corrected chi connectivity index (χ1v) is 9.36. The fourth-order valence-electron chi connectivity index (χ4n) is 2.83. The zero-order valence-electron chi connectivity index (χ0n) is 13.9. The first-order chi connectivity index (χ1) is 12.3. The Balaban J connectivity index is 1.29. The second-order valence-electron chi connectivity index (χ2n) is 5.71. The lowest BCUT2D eigenvalue weighted by molar-refractivity contribution is 0.174.